The van der Waals surface area contributed by atoms with Gasteiger partial charge < -0.3 is 29.7 Å². The summed E-state index contributed by atoms with van der Waals surface area (Å²) in [4.78, 5) is 64.5. The molecular formula is C37H53N5O7S. The van der Waals surface area contributed by atoms with Crippen molar-refractivity contribution in [2.24, 2.45) is 11.8 Å². The van der Waals surface area contributed by atoms with E-state index in [1.165, 1.54) is 16.2 Å². The van der Waals surface area contributed by atoms with Crippen LogP contribution in [-0.2, 0) is 14.3 Å². The highest BCUT2D eigenvalue weighted by Gasteiger charge is 2.46. The fourth-order valence-corrected chi connectivity index (χ4v) is 8.49. The molecule has 3 amide bonds. The van der Waals surface area contributed by atoms with E-state index in [1.54, 1.807) is 64.5 Å². The number of aromatic nitrogens is 1. The maximum atomic E-state index is 14.9. The molecule has 1 aromatic heterocycles. The number of amides is 3. The first-order valence-electron chi connectivity index (χ1n) is 17.9. The lowest BCUT2D eigenvalue weighted by molar-refractivity contribution is -0.144. The van der Waals surface area contributed by atoms with Crippen LogP contribution in [0.1, 0.15) is 100 Å². The summed E-state index contributed by atoms with van der Waals surface area (Å²) in [6, 6.07) is 5.86. The normalized spacial score (nSPS) is 22.8. The number of ketones is 1. The quantitative estimate of drug-likeness (QED) is 0.284. The SMILES string of the molecule is CCO[C@@H]1C[C@@H]2CN(C(=O)[C@@H](NC(=O)[C@@H](C)CN(C(=O)O)C(C)(C)C)C3CCCCC3)[C@H](c3nc(C(=O)c4ccc(OC)cc4)cs3)CN2C1. The molecule has 2 aromatic rings. The molecule has 12 nitrogen and oxygen atoms in total. The van der Waals surface area contributed by atoms with E-state index in [2.05, 4.69) is 10.2 Å². The Morgan fingerprint density at radius 3 is 2.40 bits per heavy atom. The number of carbonyl (C=O) groups is 4. The van der Waals surface area contributed by atoms with Gasteiger partial charge in [0.25, 0.3) is 0 Å². The van der Waals surface area contributed by atoms with Crippen LogP contribution in [0.15, 0.2) is 29.6 Å². The smallest absolute Gasteiger partial charge is 0.407 e. The molecule has 13 heteroatoms. The third kappa shape index (κ3) is 8.66. The van der Waals surface area contributed by atoms with Crippen molar-refractivity contribution in [1.29, 1.82) is 0 Å². The maximum absolute atomic E-state index is 14.9. The summed E-state index contributed by atoms with van der Waals surface area (Å²) in [5.41, 5.74) is 0.139. The van der Waals surface area contributed by atoms with Crippen LogP contribution in [0.4, 0.5) is 4.79 Å². The number of rotatable bonds is 12. The van der Waals surface area contributed by atoms with Crippen molar-refractivity contribution < 1.29 is 33.8 Å². The molecule has 2 aliphatic heterocycles. The summed E-state index contributed by atoms with van der Waals surface area (Å²) in [6.45, 7) is 11.5. The number of hydrogen-bond acceptors (Lipinski definition) is 9. The van der Waals surface area contributed by atoms with Crippen molar-refractivity contribution in [2.75, 3.05) is 39.9 Å². The first-order valence-corrected chi connectivity index (χ1v) is 18.8. The summed E-state index contributed by atoms with van der Waals surface area (Å²) in [5.74, 6) is -0.725. The van der Waals surface area contributed by atoms with Crippen LogP contribution in [0.2, 0.25) is 0 Å². The van der Waals surface area contributed by atoms with Crippen molar-refractivity contribution in [1.82, 2.24) is 25.0 Å². The van der Waals surface area contributed by atoms with Crippen LogP contribution < -0.4 is 10.1 Å². The van der Waals surface area contributed by atoms with Crippen LogP contribution in [0.5, 0.6) is 5.75 Å². The van der Waals surface area contributed by atoms with Crippen molar-refractivity contribution in [3.63, 3.8) is 0 Å². The number of carbonyl (C=O) groups excluding carboxylic acids is 3. The van der Waals surface area contributed by atoms with Gasteiger partial charge in [-0.3, -0.25) is 19.3 Å². The topological polar surface area (TPSA) is 142 Å². The number of hydrogen-bond donors (Lipinski definition) is 2. The second-order valence-electron chi connectivity index (χ2n) is 14.9. The fourth-order valence-electron chi connectivity index (χ4n) is 7.59. The van der Waals surface area contributed by atoms with E-state index in [9.17, 15) is 24.3 Å². The molecule has 2 N–H and O–H groups in total. The van der Waals surface area contributed by atoms with E-state index in [4.69, 9.17) is 14.5 Å². The Kier molecular flexibility index (Phi) is 12.2. The summed E-state index contributed by atoms with van der Waals surface area (Å²) in [6.07, 6.45) is 4.49. The minimum absolute atomic E-state index is 0.0164. The molecule has 5 rings (SSSR count). The van der Waals surface area contributed by atoms with E-state index in [1.807, 2.05) is 11.8 Å². The van der Waals surface area contributed by atoms with Gasteiger partial charge in [-0.1, -0.05) is 26.2 Å². The number of methoxy groups -OCH3 is 1. The van der Waals surface area contributed by atoms with E-state index < -0.39 is 29.6 Å². The predicted molar refractivity (Wildman–Crippen MR) is 191 cm³/mol. The Morgan fingerprint density at radius 1 is 1.08 bits per heavy atom. The molecule has 0 unspecified atom stereocenters. The Morgan fingerprint density at radius 2 is 1.78 bits per heavy atom. The molecular weight excluding hydrogens is 659 g/mol. The molecule has 3 heterocycles. The van der Waals surface area contributed by atoms with E-state index in [0.29, 0.717) is 41.7 Å². The first kappa shape index (κ1) is 37.7. The molecule has 3 aliphatic rings. The van der Waals surface area contributed by atoms with Gasteiger partial charge in [0.2, 0.25) is 17.6 Å². The van der Waals surface area contributed by atoms with Crippen LogP contribution >= 0.6 is 11.3 Å². The molecule has 50 heavy (non-hydrogen) atoms. The highest BCUT2D eigenvalue weighted by Crippen LogP contribution is 2.37. The highest BCUT2D eigenvalue weighted by molar-refractivity contribution is 7.10. The molecule has 1 aromatic carbocycles. The Hall–Kier alpha value is -3.55. The van der Waals surface area contributed by atoms with E-state index >= 15 is 0 Å². The van der Waals surface area contributed by atoms with E-state index in [0.717, 1.165) is 45.1 Å². The number of nitrogens with one attached hydrogen (secondary N) is 1. The minimum atomic E-state index is -1.09. The number of thiazole rings is 1. The van der Waals surface area contributed by atoms with Crippen LogP contribution in [0.25, 0.3) is 0 Å². The third-order valence-corrected chi connectivity index (χ3v) is 11.3. The minimum Gasteiger partial charge on any atom is -0.497 e. The van der Waals surface area contributed by atoms with Crippen molar-refractivity contribution in [3.8, 4) is 5.75 Å². The molecule has 2 saturated heterocycles. The largest absolute Gasteiger partial charge is 0.497 e. The Bertz CT molecular complexity index is 1500. The van der Waals surface area contributed by atoms with Crippen molar-refractivity contribution >= 4 is 35.0 Å². The summed E-state index contributed by atoms with van der Waals surface area (Å²) >= 11 is 1.37. The Labute approximate surface area is 299 Å². The number of benzene rings is 1. The van der Waals surface area contributed by atoms with Crippen LogP contribution in [0.3, 0.4) is 0 Å². The first-order chi connectivity index (χ1) is 23.8. The van der Waals surface area contributed by atoms with E-state index in [-0.39, 0.29) is 42.2 Å². The zero-order valence-corrected chi connectivity index (χ0v) is 31.0. The standard InChI is InChI=1S/C37H53N5O7S/c1-7-49-28-17-26-19-41(30(21-40(26)20-28)34-38-29(22-50-34)32(43)25-13-15-27(48-6)16-14-25)35(45)31(24-11-9-8-10-12-24)39-33(44)23(2)18-42(36(46)47)37(3,4)5/h13-16,22-24,26,28,30-31H,7-12,17-21H2,1-6H3,(H,39,44)(H,46,47)/t23-,26+,28+,30-,31-/m0/s1. The molecule has 274 valence electrons. The Balaban J connectivity index is 1.43. The second kappa shape index (κ2) is 16.2. The zero-order valence-electron chi connectivity index (χ0n) is 30.2. The van der Waals surface area contributed by atoms with Gasteiger partial charge in [-0.2, -0.15) is 0 Å². The summed E-state index contributed by atoms with van der Waals surface area (Å²) in [7, 11) is 1.58. The van der Waals surface area contributed by atoms with Gasteiger partial charge in [0.05, 0.1) is 25.2 Å². The predicted octanol–water partition coefficient (Wildman–Crippen LogP) is 5.23. The molecule has 3 fully saturated rings. The third-order valence-electron chi connectivity index (χ3n) is 10.4. The number of piperazine rings is 1. The maximum Gasteiger partial charge on any atom is 0.407 e. The van der Waals surface area contributed by atoms with Gasteiger partial charge in [-0.05, 0) is 77.1 Å². The molecule has 0 spiro atoms. The lowest BCUT2D eigenvalue weighted by atomic mass is 9.82. The highest BCUT2D eigenvalue weighted by atomic mass is 32.1. The number of ether oxygens (including phenoxy) is 2. The monoisotopic (exact) mass is 711 g/mol. The van der Waals surface area contributed by atoms with Crippen molar-refractivity contribution in [2.45, 2.75) is 103 Å². The summed E-state index contributed by atoms with van der Waals surface area (Å²) in [5, 5.41) is 15.4. The average Bonchev–Trinajstić information content (AvgIpc) is 3.75. The van der Waals surface area contributed by atoms with Gasteiger partial charge >= 0.3 is 6.09 Å². The average molecular weight is 712 g/mol. The molecule has 5 atom stereocenters. The van der Waals surface area contributed by atoms with Crippen LogP contribution in [-0.4, -0.2) is 112 Å². The van der Waals surface area contributed by atoms with Crippen LogP contribution in [0, 0.1) is 11.8 Å². The van der Waals surface area contributed by atoms with Gasteiger partial charge in [-0.15, -0.1) is 11.3 Å². The number of nitrogens with zero attached hydrogens (tertiary/aromatic N) is 4. The zero-order chi connectivity index (χ0) is 36.2. The lowest BCUT2D eigenvalue weighted by Crippen LogP contribution is -2.60. The molecule has 0 radical (unpaired) electrons. The lowest BCUT2D eigenvalue weighted by Gasteiger charge is -2.45. The molecule has 0 bridgehead atoms. The molecule has 1 aliphatic carbocycles. The van der Waals surface area contributed by atoms with Gasteiger partial charge in [0.1, 0.15) is 22.5 Å². The number of carboxylic acid groups (broad SMARTS) is 1. The fraction of sp³-hybridized carbons (Fsp3) is 0.649. The number of fused-ring (bicyclic) bond motifs is 1. The second-order valence-corrected chi connectivity index (χ2v) is 15.8. The van der Waals surface area contributed by atoms with Gasteiger partial charge in [0.15, 0.2) is 0 Å². The van der Waals surface area contributed by atoms with Gasteiger partial charge in [0, 0.05) is 55.3 Å². The molecule has 1 saturated carbocycles. The van der Waals surface area contributed by atoms with Gasteiger partial charge in [-0.25, -0.2) is 9.78 Å². The van der Waals surface area contributed by atoms with Crippen molar-refractivity contribution in [3.05, 3.63) is 45.9 Å². The summed E-state index contributed by atoms with van der Waals surface area (Å²) < 4.78 is 11.3.